The highest BCUT2D eigenvalue weighted by Crippen LogP contribution is 2.26. The second-order valence-electron chi connectivity index (χ2n) is 3.39. The van der Waals surface area contributed by atoms with E-state index in [2.05, 4.69) is 0 Å². The highest BCUT2D eigenvalue weighted by molar-refractivity contribution is 5.98. The van der Waals surface area contributed by atoms with Gasteiger partial charge in [0.1, 0.15) is 5.92 Å². The fraction of sp³-hybridized carbons (Fsp3) is 0.750. The molecule has 0 bridgehead atoms. The normalized spacial score (nSPS) is 19.9. The van der Waals surface area contributed by atoms with Gasteiger partial charge in [0.05, 0.1) is 13.2 Å². The summed E-state index contributed by atoms with van der Waals surface area (Å²) in [5, 5.41) is 0. The van der Waals surface area contributed by atoms with Crippen LogP contribution in [0.25, 0.3) is 0 Å². The Hall–Kier alpha value is -1.14. The van der Waals surface area contributed by atoms with Gasteiger partial charge in [-0.3, -0.25) is 9.59 Å². The Morgan fingerprint density at radius 1 is 1.29 bits per heavy atom. The van der Waals surface area contributed by atoms with E-state index in [9.17, 15) is 9.59 Å². The summed E-state index contributed by atoms with van der Waals surface area (Å²) in [6.07, 6.45) is 0.0671. The summed E-state index contributed by atoms with van der Waals surface area (Å²) in [6, 6.07) is 0. The molecule has 1 fully saturated rings. The Balaban J connectivity index is 2.63. The standard InChI is InChI=1S/C8H14N2O4/c1-8(13-2-3-14-8)4-5(6(9)11)7(10)12/h5H,2-4H2,1H3,(H2,9,11)(H2,10,12). The van der Waals surface area contributed by atoms with Crippen LogP contribution in [-0.2, 0) is 19.1 Å². The van der Waals surface area contributed by atoms with E-state index >= 15 is 0 Å². The lowest BCUT2D eigenvalue weighted by Gasteiger charge is -2.24. The SMILES string of the molecule is CC1(CC(C(N)=O)C(N)=O)OCCO1. The Morgan fingerprint density at radius 2 is 1.71 bits per heavy atom. The molecule has 1 saturated heterocycles. The molecule has 0 aromatic heterocycles. The Morgan fingerprint density at radius 3 is 2.07 bits per heavy atom. The summed E-state index contributed by atoms with van der Waals surface area (Å²) in [7, 11) is 0. The predicted octanol–water partition coefficient (Wildman–Crippen LogP) is -1.27. The molecule has 0 aromatic carbocycles. The minimum atomic E-state index is -1.04. The molecule has 0 unspecified atom stereocenters. The molecule has 0 saturated carbocycles. The molecule has 4 N–H and O–H groups in total. The molecule has 0 spiro atoms. The minimum Gasteiger partial charge on any atom is -0.369 e. The molecule has 1 rings (SSSR count). The van der Waals surface area contributed by atoms with Crippen molar-refractivity contribution in [2.45, 2.75) is 19.1 Å². The van der Waals surface area contributed by atoms with Crippen LogP contribution in [0.2, 0.25) is 0 Å². The maximum Gasteiger partial charge on any atom is 0.230 e. The Kier molecular flexibility index (Phi) is 3.07. The highest BCUT2D eigenvalue weighted by atomic mass is 16.7. The Bertz CT molecular complexity index is 234. The van der Waals surface area contributed by atoms with Gasteiger partial charge in [-0.15, -0.1) is 0 Å². The van der Waals surface area contributed by atoms with Crippen molar-refractivity contribution < 1.29 is 19.1 Å². The van der Waals surface area contributed by atoms with E-state index in [1.54, 1.807) is 6.92 Å². The maximum atomic E-state index is 10.9. The van der Waals surface area contributed by atoms with E-state index in [0.29, 0.717) is 13.2 Å². The Labute approximate surface area is 81.5 Å². The second-order valence-corrected chi connectivity index (χ2v) is 3.39. The largest absolute Gasteiger partial charge is 0.369 e. The van der Waals surface area contributed by atoms with E-state index in [4.69, 9.17) is 20.9 Å². The zero-order chi connectivity index (χ0) is 10.8. The van der Waals surface area contributed by atoms with Gasteiger partial charge in [0, 0.05) is 6.42 Å². The summed E-state index contributed by atoms with van der Waals surface area (Å²) in [4.78, 5) is 21.8. The number of amides is 2. The van der Waals surface area contributed by atoms with Gasteiger partial charge in [0.25, 0.3) is 0 Å². The number of rotatable bonds is 4. The number of hydrogen-bond acceptors (Lipinski definition) is 4. The molecular weight excluding hydrogens is 188 g/mol. The third-order valence-corrected chi connectivity index (χ3v) is 2.16. The summed E-state index contributed by atoms with van der Waals surface area (Å²) in [6.45, 7) is 2.54. The van der Waals surface area contributed by atoms with Crippen LogP contribution in [0.3, 0.4) is 0 Å². The number of carbonyl (C=O) groups is 2. The van der Waals surface area contributed by atoms with Crippen molar-refractivity contribution >= 4 is 11.8 Å². The maximum absolute atomic E-state index is 10.9. The monoisotopic (exact) mass is 202 g/mol. The first-order chi connectivity index (χ1) is 6.44. The van der Waals surface area contributed by atoms with Crippen molar-refractivity contribution in [1.29, 1.82) is 0 Å². The lowest BCUT2D eigenvalue weighted by atomic mass is 9.99. The van der Waals surface area contributed by atoms with Gasteiger partial charge in [-0.1, -0.05) is 0 Å². The smallest absolute Gasteiger partial charge is 0.230 e. The molecule has 1 aliphatic rings. The average molecular weight is 202 g/mol. The molecule has 0 aromatic rings. The molecule has 0 aliphatic carbocycles. The first-order valence-corrected chi connectivity index (χ1v) is 4.31. The average Bonchev–Trinajstić information content (AvgIpc) is 2.48. The van der Waals surface area contributed by atoms with Crippen LogP contribution in [0.5, 0.6) is 0 Å². The van der Waals surface area contributed by atoms with Gasteiger partial charge >= 0.3 is 0 Å². The molecule has 1 aliphatic heterocycles. The van der Waals surface area contributed by atoms with Crippen molar-refractivity contribution in [3.8, 4) is 0 Å². The van der Waals surface area contributed by atoms with Gasteiger partial charge in [0.15, 0.2) is 5.79 Å². The van der Waals surface area contributed by atoms with Crippen molar-refractivity contribution in [2.24, 2.45) is 17.4 Å². The number of hydrogen-bond donors (Lipinski definition) is 2. The number of nitrogens with two attached hydrogens (primary N) is 2. The third-order valence-electron chi connectivity index (χ3n) is 2.16. The first kappa shape index (κ1) is 10.9. The fourth-order valence-electron chi connectivity index (χ4n) is 1.39. The van der Waals surface area contributed by atoms with Gasteiger partial charge in [0.2, 0.25) is 11.8 Å². The van der Waals surface area contributed by atoms with Crippen molar-refractivity contribution in [3.05, 3.63) is 0 Å². The van der Waals surface area contributed by atoms with Crippen molar-refractivity contribution in [3.63, 3.8) is 0 Å². The van der Waals surface area contributed by atoms with E-state index in [0.717, 1.165) is 0 Å². The molecule has 2 amide bonds. The first-order valence-electron chi connectivity index (χ1n) is 4.31. The van der Waals surface area contributed by atoms with Crippen LogP contribution in [0, 0.1) is 5.92 Å². The van der Waals surface area contributed by atoms with Gasteiger partial charge in [-0.25, -0.2) is 0 Å². The van der Waals surface area contributed by atoms with Crippen molar-refractivity contribution in [1.82, 2.24) is 0 Å². The summed E-state index contributed by atoms with van der Waals surface area (Å²) < 4.78 is 10.5. The highest BCUT2D eigenvalue weighted by Gasteiger charge is 2.38. The molecule has 6 nitrogen and oxygen atoms in total. The van der Waals surface area contributed by atoms with Gasteiger partial charge < -0.3 is 20.9 Å². The molecule has 1 heterocycles. The van der Waals surface area contributed by atoms with Crippen molar-refractivity contribution in [2.75, 3.05) is 13.2 Å². The topological polar surface area (TPSA) is 105 Å². The lowest BCUT2D eigenvalue weighted by Crippen LogP contribution is -2.41. The zero-order valence-electron chi connectivity index (χ0n) is 7.99. The summed E-state index contributed by atoms with van der Waals surface area (Å²) in [5.74, 6) is -3.47. The second kappa shape index (κ2) is 3.93. The number of carbonyl (C=O) groups excluding carboxylic acids is 2. The van der Waals surface area contributed by atoms with Crippen LogP contribution in [0.1, 0.15) is 13.3 Å². The van der Waals surface area contributed by atoms with Gasteiger partial charge in [-0.2, -0.15) is 0 Å². The predicted molar refractivity (Wildman–Crippen MR) is 46.8 cm³/mol. The van der Waals surface area contributed by atoms with Crippen LogP contribution >= 0.6 is 0 Å². The van der Waals surface area contributed by atoms with Crippen LogP contribution < -0.4 is 11.5 Å². The summed E-state index contributed by atoms with van der Waals surface area (Å²) >= 11 is 0. The molecular formula is C8H14N2O4. The van der Waals surface area contributed by atoms with E-state index in [1.807, 2.05) is 0 Å². The van der Waals surface area contributed by atoms with E-state index < -0.39 is 23.5 Å². The van der Waals surface area contributed by atoms with E-state index in [1.165, 1.54) is 0 Å². The van der Waals surface area contributed by atoms with Crippen LogP contribution in [0.4, 0.5) is 0 Å². The molecule has 80 valence electrons. The summed E-state index contributed by atoms with van der Waals surface area (Å²) in [5.41, 5.74) is 10.0. The third kappa shape index (κ3) is 2.43. The quantitative estimate of drug-likeness (QED) is 0.554. The fourth-order valence-corrected chi connectivity index (χ4v) is 1.39. The zero-order valence-corrected chi connectivity index (χ0v) is 7.99. The molecule has 6 heteroatoms. The molecule has 0 radical (unpaired) electrons. The van der Waals surface area contributed by atoms with Crippen LogP contribution in [0.15, 0.2) is 0 Å². The van der Waals surface area contributed by atoms with Crippen LogP contribution in [-0.4, -0.2) is 30.8 Å². The molecule has 0 atom stereocenters. The lowest BCUT2D eigenvalue weighted by molar-refractivity contribution is -0.164. The van der Waals surface area contributed by atoms with E-state index in [-0.39, 0.29) is 6.42 Å². The van der Waals surface area contributed by atoms with Gasteiger partial charge in [-0.05, 0) is 6.92 Å². The number of ether oxygens (including phenoxy) is 2. The molecule has 14 heavy (non-hydrogen) atoms. The number of primary amides is 2. The minimum absolute atomic E-state index is 0.0671.